The van der Waals surface area contributed by atoms with E-state index in [0.717, 1.165) is 16.0 Å². The minimum atomic E-state index is -0.448. The Kier molecular flexibility index (Phi) is 6.59. The van der Waals surface area contributed by atoms with E-state index in [4.69, 9.17) is 4.74 Å². The number of nitrogens with one attached hydrogen (secondary N) is 2. The number of benzene rings is 2. The lowest BCUT2D eigenvalue weighted by atomic mass is 10.1. The molecule has 6 heteroatoms. The van der Waals surface area contributed by atoms with E-state index in [1.165, 1.54) is 11.0 Å². The molecule has 5 nitrogen and oxygen atoms in total. The molecule has 1 heterocycles. The van der Waals surface area contributed by atoms with Crippen LogP contribution in [-0.4, -0.2) is 18.4 Å². The van der Waals surface area contributed by atoms with E-state index < -0.39 is 11.8 Å². The molecule has 0 unspecified atom stereocenters. The van der Waals surface area contributed by atoms with Gasteiger partial charge in [-0.25, -0.2) is 0 Å². The van der Waals surface area contributed by atoms with Crippen molar-refractivity contribution in [3.63, 3.8) is 0 Å². The molecule has 0 aliphatic heterocycles. The third-order valence-electron chi connectivity index (χ3n) is 3.82. The van der Waals surface area contributed by atoms with E-state index in [9.17, 15) is 9.59 Å². The van der Waals surface area contributed by atoms with Crippen molar-refractivity contribution in [1.29, 1.82) is 0 Å². The van der Waals surface area contributed by atoms with Crippen molar-refractivity contribution in [1.82, 2.24) is 10.9 Å². The van der Waals surface area contributed by atoms with Gasteiger partial charge in [0.2, 0.25) is 0 Å². The maximum absolute atomic E-state index is 12.0. The molecule has 0 saturated heterocycles. The molecule has 0 saturated carbocycles. The second-order valence-corrected chi connectivity index (χ2v) is 7.29. The number of hydrazine groups is 1. The summed E-state index contributed by atoms with van der Waals surface area (Å²) >= 11 is 1.59. The van der Waals surface area contributed by atoms with E-state index in [2.05, 4.69) is 10.9 Å². The monoisotopic (exact) mass is 392 g/mol. The summed E-state index contributed by atoms with van der Waals surface area (Å²) in [5, 5.41) is 0. The number of carbonyl (C=O) groups is 2. The van der Waals surface area contributed by atoms with Gasteiger partial charge < -0.3 is 4.74 Å². The second kappa shape index (κ2) is 9.53. The molecule has 142 valence electrons. The van der Waals surface area contributed by atoms with Crippen molar-refractivity contribution >= 4 is 29.2 Å². The van der Waals surface area contributed by atoms with Gasteiger partial charge in [0, 0.05) is 21.4 Å². The molecule has 0 aliphatic carbocycles. The van der Waals surface area contributed by atoms with Crippen LogP contribution in [0.2, 0.25) is 0 Å². The number of amides is 2. The van der Waals surface area contributed by atoms with Gasteiger partial charge in [0.1, 0.15) is 5.75 Å². The third-order valence-corrected chi connectivity index (χ3v) is 4.78. The smallest absolute Gasteiger partial charge is 0.276 e. The average molecular weight is 392 g/mol. The molecule has 28 heavy (non-hydrogen) atoms. The summed E-state index contributed by atoms with van der Waals surface area (Å²) in [5.41, 5.74) is 6.58. The molecule has 3 rings (SSSR count). The molecule has 2 amide bonds. The van der Waals surface area contributed by atoms with Crippen LogP contribution in [0.5, 0.6) is 5.75 Å². The summed E-state index contributed by atoms with van der Waals surface area (Å²) in [6.07, 6.45) is 3.07. The predicted octanol–water partition coefficient (Wildman–Crippen LogP) is 3.96. The topological polar surface area (TPSA) is 67.4 Å². The highest BCUT2D eigenvalue weighted by molar-refractivity contribution is 7.12. The Hall–Kier alpha value is -3.38. The van der Waals surface area contributed by atoms with Crippen molar-refractivity contribution < 1.29 is 14.3 Å². The summed E-state index contributed by atoms with van der Waals surface area (Å²) in [5.74, 6) is -0.260. The van der Waals surface area contributed by atoms with Gasteiger partial charge in [0.25, 0.3) is 11.8 Å². The fourth-order valence-corrected chi connectivity index (χ4v) is 3.28. The van der Waals surface area contributed by atoms with Crippen molar-refractivity contribution in [3.8, 4) is 16.9 Å². The SMILES string of the molecule is Cc1ccc(/C=C/C(=O)NNC(=O)COc2ccccc2-c2ccccc2)s1. The molecule has 1 aromatic heterocycles. The fraction of sp³-hybridized carbons (Fsp3) is 0.0909. The van der Waals surface area contributed by atoms with Crippen LogP contribution in [0.4, 0.5) is 0 Å². The summed E-state index contributed by atoms with van der Waals surface area (Å²) in [4.78, 5) is 25.9. The second-order valence-electron chi connectivity index (χ2n) is 5.97. The zero-order valence-electron chi connectivity index (χ0n) is 15.3. The van der Waals surface area contributed by atoms with Crippen LogP contribution in [-0.2, 0) is 9.59 Å². The molecular weight excluding hydrogens is 372 g/mol. The Labute approximate surface area is 167 Å². The number of rotatable bonds is 6. The summed E-state index contributed by atoms with van der Waals surface area (Å²) < 4.78 is 5.64. The van der Waals surface area contributed by atoms with E-state index in [0.29, 0.717) is 5.75 Å². The zero-order valence-corrected chi connectivity index (χ0v) is 16.2. The van der Waals surface area contributed by atoms with Gasteiger partial charge in [0.05, 0.1) is 0 Å². The van der Waals surface area contributed by atoms with Crippen LogP contribution in [0.3, 0.4) is 0 Å². The Morgan fingerprint density at radius 2 is 1.71 bits per heavy atom. The summed E-state index contributed by atoms with van der Waals surface area (Å²) in [7, 11) is 0. The van der Waals surface area contributed by atoms with E-state index in [-0.39, 0.29) is 6.61 Å². The first-order chi connectivity index (χ1) is 13.6. The lowest BCUT2D eigenvalue weighted by Gasteiger charge is -2.11. The highest BCUT2D eigenvalue weighted by atomic mass is 32.1. The number of para-hydroxylation sites is 1. The van der Waals surface area contributed by atoms with Gasteiger partial charge in [-0.15, -0.1) is 11.3 Å². The van der Waals surface area contributed by atoms with Crippen LogP contribution >= 0.6 is 11.3 Å². The molecule has 3 aromatic rings. The number of aryl methyl sites for hydroxylation is 1. The maximum atomic E-state index is 12.0. The van der Waals surface area contributed by atoms with Crippen molar-refractivity contribution in [3.05, 3.63) is 82.6 Å². The van der Waals surface area contributed by atoms with Crippen LogP contribution in [0.1, 0.15) is 9.75 Å². The van der Waals surface area contributed by atoms with Crippen LogP contribution in [0, 0.1) is 6.92 Å². The van der Waals surface area contributed by atoms with Crippen LogP contribution in [0.15, 0.2) is 72.8 Å². The normalized spacial score (nSPS) is 10.6. The molecule has 0 atom stereocenters. The standard InChI is InChI=1S/C22H20N2O3S/c1-16-11-12-18(28-16)13-14-21(25)23-24-22(26)15-27-20-10-6-5-9-19(20)17-7-3-2-4-8-17/h2-14H,15H2,1H3,(H,23,25)(H,24,26)/b14-13+. The number of ether oxygens (including phenoxy) is 1. The van der Waals surface area contributed by atoms with Gasteiger partial charge in [-0.2, -0.15) is 0 Å². The number of thiophene rings is 1. The first kappa shape index (κ1) is 19.4. The Morgan fingerprint density at radius 3 is 2.46 bits per heavy atom. The highest BCUT2D eigenvalue weighted by Gasteiger charge is 2.08. The highest BCUT2D eigenvalue weighted by Crippen LogP contribution is 2.29. The minimum Gasteiger partial charge on any atom is -0.483 e. The Bertz CT molecular complexity index is 980. The first-order valence-corrected chi connectivity index (χ1v) is 9.54. The lowest BCUT2D eigenvalue weighted by Crippen LogP contribution is -2.43. The molecule has 0 radical (unpaired) electrons. The van der Waals surface area contributed by atoms with Gasteiger partial charge in [-0.1, -0.05) is 48.5 Å². The summed E-state index contributed by atoms with van der Waals surface area (Å²) in [6, 6.07) is 21.2. The summed E-state index contributed by atoms with van der Waals surface area (Å²) in [6.45, 7) is 1.79. The molecule has 2 N–H and O–H groups in total. The van der Waals surface area contributed by atoms with Gasteiger partial charge >= 0.3 is 0 Å². The lowest BCUT2D eigenvalue weighted by molar-refractivity contribution is -0.128. The zero-order chi connectivity index (χ0) is 19.8. The molecule has 0 aliphatic rings. The van der Waals surface area contributed by atoms with E-state index in [1.54, 1.807) is 23.5 Å². The molecular formula is C22H20N2O3S. The van der Waals surface area contributed by atoms with Gasteiger partial charge in [0.15, 0.2) is 6.61 Å². The number of carbonyl (C=O) groups excluding carboxylic acids is 2. The molecule has 2 aromatic carbocycles. The third kappa shape index (κ3) is 5.56. The van der Waals surface area contributed by atoms with E-state index >= 15 is 0 Å². The number of hydrogen-bond donors (Lipinski definition) is 2. The molecule has 0 fully saturated rings. The van der Waals surface area contributed by atoms with Crippen LogP contribution < -0.4 is 15.6 Å². The average Bonchev–Trinajstić information content (AvgIpc) is 3.15. The quantitative estimate of drug-likeness (QED) is 0.493. The molecule has 0 spiro atoms. The van der Waals surface area contributed by atoms with Crippen molar-refractivity contribution in [2.24, 2.45) is 0 Å². The van der Waals surface area contributed by atoms with E-state index in [1.807, 2.05) is 67.6 Å². The first-order valence-electron chi connectivity index (χ1n) is 8.72. The van der Waals surface area contributed by atoms with Crippen molar-refractivity contribution in [2.45, 2.75) is 6.92 Å². The van der Waals surface area contributed by atoms with Gasteiger partial charge in [-0.05, 0) is 36.8 Å². The maximum Gasteiger partial charge on any atom is 0.276 e. The fourth-order valence-electron chi connectivity index (χ4n) is 2.50. The predicted molar refractivity (Wildman–Crippen MR) is 112 cm³/mol. The Morgan fingerprint density at radius 1 is 0.964 bits per heavy atom. The largest absolute Gasteiger partial charge is 0.483 e. The molecule has 0 bridgehead atoms. The van der Waals surface area contributed by atoms with Gasteiger partial charge in [-0.3, -0.25) is 20.4 Å². The number of hydrogen-bond acceptors (Lipinski definition) is 4. The minimum absolute atomic E-state index is 0.210. The van der Waals surface area contributed by atoms with Crippen LogP contribution in [0.25, 0.3) is 17.2 Å². The Balaban J connectivity index is 1.50. The van der Waals surface area contributed by atoms with Crippen molar-refractivity contribution in [2.75, 3.05) is 6.61 Å².